The summed E-state index contributed by atoms with van der Waals surface area (Å²) in [5.41, 5.74) is 8.98. The summed E-state index contributed by atoms with van der Waals surface area (Å²) in [6.07, 6.45) is 3.09. The molecule has 0 fully saturated rings. The lowest BCUT2D eigenvalue weighted by Crippen LogP contribution is -2.35. The zero-order valence-corrected chi connectivity index (χ0v) is 14.9. The van der Waals surface area contributed by atoms with Crippen LogP contribution in [-0.2, 0) is 16.1 Å². The molecule has 0 atom stereocenters. The molecule has 0 spiro atoms. The highest BCUT2D eigenvalue weighted by molar-refractivity contribution is 5.81. The number of rotatable bonds is 3. The van der Waals surface area contributed by atoms with Crippen LogP contribution in [0.2, 0.25) is 0 Å². The van der Waals surface area contributed by atoms with Gasteiger partial charge in [0.05, 0.1) is 18.8 Å². The maximum Gasteiger partial charge on any atom is 0.410 e. The van der Waals surface area contributed by atoms with E-state index in [9.17, 15) is 4.79 Å². The van der Waals surface area contributed by atoms with Crippen LogP contribution in [0.25, 0.3) is 11.1 Å². The molecule has 8 heteroatoms. The predicted molar refractivity (Wildman–Crippen MR) is 93.9 cm³/mol. The van der Waals surface area contributed by atoms with Crippen LogP contribution in [0.15, 0.2) is 18.5 Å². The first-order valence-corrected chi connectivity index (χ1v) is 8.07. The number of nitrogens with zero attached hydrogens (tertiary/aromatic N) is 4. The number of hydrogen-bond acceptors (Lipinski definition) is 6. The quantitative estimate of drug-likeness (QED) is 0.915. The van der Waals surface area contributed by atoms with Crippen molar-refractivity contribution in [2.24, 2.45) is 0 Å². The van der Waals surface area contributed by atoms with Crippen molar-refractivity contribution in [2.45, 2.75) is 33.0 Å². The summed E-state index contributed by atoms with van der Waals surface area (Å²) in [6, 6.07) is 1.92. The molecule has 2 N–H and O–H groups in total. The average molecular weight is 345 g/mol. The van der Waals surface area contributed by atoms with Gasteiger partial charge in [0.15, 0.2) is 5.82 Å². The van der Waals surface area contributed by atoms with Gasteiger partial charge in [-0.2, -0.15) is 5.10 Å². The molecule has 2 aromatic heterocycles. The number of nitrogens with two attached hydrogens (primary N) is 1. The van der Waals surface area contributed by atoms with Crippen molar-refractivity contribution in [3.63, 3.8) is 0 Å². The molecule has 0 saturated carbocycles. The Balaban J connectivity index is 1.91. The first-order chi connectivity index (χ1) is 11.8. The van der Waals surface area contributed by atoms with Crippen LogP contribution >= 0.6 is 0 Å². The maximum atomic E-state index is 12.3. The summed E-state index contributed by atoms with van der Waals surface area (Å²) in [5, 5.41) is 4.31. The average Bonchev–Trinajstić information content (AvgIpc) is 3.11. The maximum absolute atomic E-state index is 12.3. The smallest absolute Gasteiger partial charge is 0.410 e. The third-order valence-corrected chi connectivity index (χ3v) is 3.86. The molecule has 3 rings (SSSR count). The second-order valence-corrected chi connectivity index (χ2v) is 6.98. The largest absolute Gasteiger partial charge is 0.444 e. The molecule has 0 unspecified atom stereocenters. The predicted octanol–water partition coefficient (Wildman–Crippen LogP) is 2.09. The van der Waals surface area contributed by atoms with Gasteiger partial charge in [-0.15, -0.1) is 0 Å². The number of aromatic nitrogens is 3. The van der Waals surface area contributed by atoms with Gasteiger partial charge in [-0.3, -0.25) is 0 Å². The van der Waals surface area contributed by atoms with E-state index in [4.69, 9.17) is 15.2 Å². The molecule has 0 radical (unpaired) electrons. The van der Waals surface area contributed by atoms with Crippen molar-refractivity contribution in [3.05, 3.63) is 29.7 Å². The van der Waals surface area contributed by atoms with Gasteiger partial charge in [-0.05, 0) is 32.4 Å². The standard InChI is InChI=1S/C17H23N5O3/c1-17(2,3)25-16(23)21-6-5-11(8-21)14-12(9-24-4)7-13-15(18)19-10-20-22(13)14/h5,7,10H,6,8-9H2,1-4H3,(H2,18,19,20). The minimum Gasteiger partial charge on any atom is -0.444 e. The number of nitrogen functional groups attached to an aromatic ring is 1. The number of anilines is 1. The molecule has 0 aliphatic carbocycles. The van der Waals surface area contributed by atoms with Crippen LogP contribution in [0, 0.1) is 0 Å². The van der Waals surface area contributed by atoms with E-state index in [2.05, 4.69) is 10.1 Å². The molecule has 134 valence electrons. The highest BCUT2D eigenvalue weighted by Crippen LogP contribution is 2.29. The van der Waals surface area contributed by atoms with Gasteiger partial charge in [0.1, 0.15) is 17.4 Å². The van der Waals surface area contributed by atoms with Gasteiger partial charge in [0, 0.05) is 19.2 Å². The van der Waals surface area contributed by atoms with Crippen molar-refractivity contribution >= 4 is 23.0 Å². The Morgan fingerprint density at radius 2 is 2.16 bits per heavy atom. The van der Waals surface area contributed by atoms with Gasteiger partial charge >= 0.3 is 6.09 Å². The fourth-order valence-corrected chi connectivity index (χ4v) is 2.86. The lowest BCUT2D eigenvalue weighted by atomic mass is 10.1. The van der Waals surface area contributed by atoms with Crippen LogP contribution < -0.4 is 5.73 Å². The SMILES string of the molecule is COCc1cc2c(N)ncnn2c1C1=CCN(C(=O)OC(C)(C)C)C1. The van der Waals surface area contributed by atoms with E-state index in [1.807, 2.05) is 32.9 Å². The van der Waals surface area contributed by atoms with Gasteiger partial charge in [-0.25, -0.2) is 14.3 Å². The van der Waals surface area contributed by atoms with Gasteiger partial charge < -0.3 is 20.1 Å². The summed E-state index contributed by atoms with van der Waals surface area (Å²) in [5.74, 6) is 0.404. The van der Waals surface area contributed by atoms with Crippen molar-refractivity contribution in [1.82, 2.24) is 19.5 Å². The van der Waals surface area contributed by atoms with E-state index >= 15 is 0 Å². The van der Waals surface area contributed by atoms with Crippen LogP contribution in [0.5, 0.6) is 0 Å². The summed E-state index contributed by atoms with van der Waals surface area (Å²) < 4.78 is 12.5. The first-order valence-electron chi connectivity index (χ1n) is 8.07. The second kappa shape index (κ2) is 6.36. The number of amides is 1. The van der Waals surface area contributed by atoms with Gasteiger partial charge in [0.2, 0.25) is 0 Å². The van der Waals surface area contributed by atoms with Gasteiger partial charge in [-0.1, -0.05) is 6.08 Å². The molecule has 8 nitrogen and oxygen atoms in total. The van der Waals surface area contributed by atoms with Crippen molar-refractivity contribution in [3.8, 4) is 0 Å². The fraction of sp³-hybridized carbons (Fsp3) is 0.471. The van der Waals surface area contributed by atoms with E-state index in [1.54, 1.807) is 16.5 Å². The number of carbonyl (C=O) groups excluding carboxylic acids is 1. The highest BCUT2D eigenvalue weighted by atomic mass is 16.6. The molecule has 1 amide bonds. The molecule has 25 heavy (non-hydrogen) atoms. The van der Waals surface area contributed by atoms with Crippen LogP contribution in [0.1, 0.15) is 32.0 Å². The van der Waals surface area contributed by atoms with Crippen LogP contribution in [-0.4, -0.2) is 51.4 Å². The summed E-state index contributed by atoms with van der Waals surface area (Å²) in [7, 11) is 1.64. The van der Waals surface area contributed by atoms with Crippen molar-refractivity contribution < 1.29 is 14.3 Å². The third kappa shape index (κ3) is 3.43. The fourth-order valence-electron chi connectivity index (χ4n) is 2.86. The van der Waals surface area contributed by atoms with Crippen molar-refractivity contribution in [1.29, 1.82) is 0 Å². The van der Waals surface area contributed by atoms with Gasteiger partial charge in [0.25, 0.3) is 0 Å². The number of carbonyl (C=O) groups is 1. The molecule has 1 aliphatic rings. The number of ether oxygens (including phenoxy) is 2. The lowest BCUT2D eigenvalue weighted by Gasteiger charge is -2.24. The molecule has 0 aromatic carbocycles. The minimum absolute atomic E-state index is 0.331. The van der Waals surface area contributed by atoms with E-state index in [-0.39, 0.29) is 6.09 Å². The number of fused-ring (bicyclic) bond motifs is 1. The Hall–Kier alpha value is -2.61. The van der Waals surface area contributed by atoms with Crippen LogP contribution in [0.4, 0.5) is 10.6 Å². The highest BCUT2D eigenvalue weighted by Gasteiger charge is 2.28. The normalized spacial score (nSPS) is 14.9. The van der Waals surface area contributed by atoms with Crippen molar-refractivity contribution in [2.75, 3.05) is 25.9 Å². The van der Waals surface area contributed by atoms with E-state index in [1.165, 1.54) is 6.33 Å². The van der Waals surface area contributed by atoms with E-state index in [0.29, 0.717) is 25.5 Å². The van der Waals surface area contributed by atoms with E-state index < -0.39 is 5.60 Å². The summed E-state index contributed by atoms with van der Waals surface area (Å²) in [4.78, 5) is 18.0. The molecule has 0 saturated heterocycles. The molecule has 1 aliphatic heterocycles. The zero-order chi connectivity index (χ0) is 18.2. The topological polar surface area (TPSA) is 95.0 Å². The Morgan fingerprint density at radius 1 is 1.40 bits per heavy atom. The van der Waals surface area contributed by atoms with Crippen LogP contribution in [0.3, 0.4) is 0 Å². The summed E-state index contributed by atoms with van der Waals surface area (Å²) >= 11 is 0. The molecular formula is C17H23N5O3. The zero-order valence-electron chi connectivity index (χ0n) is 14.9. The minimum atomic E-state index is -0.523. The molecule has 0 bridgehead atoms. The molecule has 2 aromatic rings. The summed E-state index contributed by atoms with van der Waals surface area (Å²) in [6.45, 7) is 6.92. The first kappa shape index (κ1) is 17.2. The Labute approximate surface area is 146 Å². The lowest BCUT2D eigenvalue weighted by molar-refractivity contribution is 0.0306. The molecule has 3 heterocycles. The second-order valence-electron chi connectivity index (χ2n) is 6.98. The number of hydrogen-bond donors (Lipinski definition) is 1. The molecular weight excluding hydrogens is 322 g/mol. The Bertz CT molecular complexity index is 835. The third-order valence-electron chi connectivity index (χ3n) is 3.86. The Kier molecular flexibility index (Phi) is 4.38. The Morgan fingerprint density at radius 3 is 2.84 bits per heavy atom. The number of methoxy groups -OCH3 is 1. The van der Waals surface area contributed by atoms with E-state index in [0.717, 1.165) is 22.3 Å². The monoisotopic (exact) mass is 345 g/mol.